The highest BCUT2D eigenvalue weighted by Crippen LogP contribution is 2.26. The lowest BCUT2D eigenvalue weighted by Gasteiger charge is -2.37. The van der Waals surface area contributed by atoms with E-state index in [2.05, 4.69) is 6.92 Å². The maximum Gasteiger partial charge on any atom is 0.326 e. The first-order chi connectivity index (χ1) is 8.51. The van der Waals surface area contributed by atoms with Crippen LogP contribution in [-0.2, 0) is 9.59 Å². The second-order valence-corrected chi connectivity index (χ2v) is 4.95. The first-order valence-electron chi connectivity index (χ1n) is 6.71. The topological polar surface area (TPSA) is 57.6 Å². The zero-order chi connectivity index (χ0) is 13.7. The summed E-state index contributed by atoms with van der Waals surface area (Å²) in [5, 5.41) is 9.27. The minimum atomic E-state index is -0.884. The van der Waals surface area contributed by atoms with Crippen molar-refractivity contribution >= 4 is 11.9 Å². The maximum atomic E-state index is 12.2. The third kappa shape index (κ3) is 3.34. The number of hydrogen-bond acceptors (Lipinski definition) is 2. The van der Waals surface area contributed by atoms with E-state index >= 15 is 0 Å². The molecule has 1 N–H and O–H groups in total. The van der Waals surface area contributed by atoms with Crippen LogP contribution in [0.5, 0.6) is 0 Å². The molecule has 0 aliphatic carbocycles. The van der Waals surface area contributed by atoms with Gasteiger partial charge in [-0.1, -0.05) is 26.3 Å². The Morgan fingerprint density at radius 3 is 2.56 bits per heavy atom. The first kappa shape index (κ1) is 14.7. The van der Waals surface area contributed by atoms with Gasteiger partial charge in [-0.05, 0) is 32.1 Å². The molecule has 1 saturated heterocycles. The molecule has 1 heterocycles. The van der Waals surface area contributed by atoms with Gasteiger partial charge in [0.1, 0.15) is 6.04 Å². The summed E-state index contributed by atoms with van der Waals surface area (Å²) in [4.78, 5) is 25.0. The third-order valence-electron chi connectivity index (χ3n) is 3.68. The van der Waals surface area contributed by atoms with E-state index < -0.39 is 12.0 Å². The number of carboxylic acids is 1. The number of piperidine rings is 1. The van der Waals surface area contributed by atoms with Crippen LogP contribution < -0.4 is 0 Å². The molecule has 1 amide bonds. The summed E-state index contributed by atoms with van der Waals surface area (Å²) in [6.07, 6.45) is 5.12. The predicted molar refractivity (Wildman–Crippen MR) is 70.2 cm³/mol. The van der Waals surface area contributed by atoms with Crippen LogP contribution >= 0.6 is 0 Å². The van der Waals surface area contributed by atoms with Crippen LogP contribution in [0.15, 0.2) is 11.6 Å². The summed E-state index contributed by atoms with van der Waals surface area (Å²) < 4.78 is 0. The summed E-state index contributed by atoms with van der Waals surface area (Å²) in [5.74, 6) is -0.588. The molecule has 1 aliphatic rings. The minimum Gasteiger partial charge on any atom is -0.480 e. The molecule has 4 heteroatoms. The Balaban J connectivity index is 2.83. The van der Waals surface area contributed by atoms with Gasteiger partial charge in [-0.3, -0.25) is 4.79 Å². The lowest BCUT2D eigenvalue weighted by atomic mass is 9.88. The lowest BCUT2D eigenvalue weighted by molar-refractivity contribution is -0.151. The number of aliphatic carboxylic acids is 1. The molecular weight excluding hydrogens is 230 g/mol. The van der Waals surface area contributed by atoms with Gasteiger partial charge in [0.2, 0.25) is 5.91 Å². The molecule has 0 saturated carbocycles. The molecule has 1 fully saturated rings. The summed E-state index contributed by atoms with van der Waals surface area (Å²) in [7, 11) is 0. The molecule has 102 valence electrons. The van der Waals surface area contributed by atoms with Gasteiger partial charge in [0, 0.05) is 12.1 Å². The smallest absolute Gasteiger partial charge is 0.326 e. The van der Waals surface area contributed by atoms with Gasteiger partial charge in [-0.25, -0.2) is 4.79 Å². The molecule has 1 aliphatic heterocycles. The standard InChI is InChI=1S/C14H23NO3/c1-4-6-10(3)13(16)15-8-7-11(5-2)9-12(15)14(17)18/h6,11-12H,4-5,7-9H2,1-3H3,(H,17,18)/b10-6-. The van der Waals surface area contributed by atoms with Crippen LogP contribution in [0.25, 0.3) is 0 Å². The van der Waals surface area contributed by atoms with Crippen molar-refractivity contribution in [2.75, 3.05) is 6.54 Å². The zero-order valence-corrected chi connectivity index (χ0v) is 11.5. The number of nitrogens with zero attached hydrogens (tertiary/aromatic N) is 1. The molecule has 0 spiro atoms. The number of carbonyl (C=O) groups is 2. The van der Waals surface area contributed by atoms with E-state index in [1.807, 2.05) is 13.0 Å². The average Bonchev–Trinajstić information content (AvgIpc) is 2.37. The van der Waals surface area contributed by atoms with E-state index in [-0.39, 0.29) is 5.91 Å². The highest BCUT2D eigenvalue weighted by atomic mass is 16.4. The fourth-order valence-corrected chi connectivity index (χ4v) is 2.51. The summed E-state index contributed by atoms with van der Waals surface area (Å²) in [5.41, 5.74) is 0.652. The number of carbonyl (C=O) groups excluding carboxylic acids is 1. The van der Waals surface area contributed by atoms with Crippen molar-refractivity contribution < 1.29 is 14.7 Å². The van der Waals surface area contributed by atoms with Crippen molar-refractivity contribution in [1.82, 2.24) is 4.90 Å². The van der Waals surface area contributed by atoms with E-state index in [1.165, 1.54) is 4.90 Å². The molecule has 1 rings (SSSR count). The quantitative estimate of drug-likeness (QED) is 0.783. The van der Waals surface area contributed by atoms with Gasteiger partial charge in [0.25, 0.3) is 0 Å². The van der Waals surface area contributed by atoms with E-state index in [0.29, 0.717) is 24.5 Å². The van der Waals surface area contributed by atoms with Gasteiger partial charge in [0.05, 0.1) is 0 Å². The highest BCUT2D eigenvalue weighted by Gasteiger charge is 2.35. The monoisotopic (exact) mass is 253 g/mol. The van der Waals surface area contributed by atoms with Gasteiger partial charge in [-0.15, -0.1) is 0 Å². The molecular formula is C14H23NO3. The van der Waals surface area contributed by atoms with Crippen molar-refractivity contribution in [3.8, 4) is 0 Å². The summed E-state index contributed by atoms with van der Waals surface area (Å²) in [6.45, 7) is 6.36. The van der Waals surface area contributed by atoms with Gasteiger partial charge >= 0.3 is 5.97 Å². The van der Waals surface area contributed by atoms with E-state index in [4.69, 9.17) is 0 Å². The number of hydrogen-bond donors (Lipinski definition) is 1. The Morgan fingerprint density at radius 1 is 1.39 bits per heavy atom. The van der Waals surface area contributed by atoms with E-state index in [0.717, 1.165) is 19.3 Å². The van der Waals surface area contributed by atoms with Crippen molar-refractivity contribution in [1.29, 1.82) is 0 Å². The number of allylic oxidation sites excluding steroid dienone is 1. The van der Waals surface area contributed by atoms with Crippen molar-refractivity contribution in [2.24, 2.45) is 5.92 Å². The van der Waals surface area contributed by atoms with Crippen LogP contribution in [0.1, 0.15) is 46.5 Å². The lowest BCUT2D eigenvalue weighted by Crippen LogP contribution is -2.50. The summed E-state index contributed by atoms with van der Waals surface area (Å²) >= 11 is 0. The van der Waals surface area contributed by atoms with Gasteiger partial charge in [0.15, 0.2) is 0 Å². The Kier molecular flexibility index (Phi) is 5.38. The van der Waals surface area contributed by atoms with Crippen LogP contribution in [0.3, 0.4) is 0 Å². The maximum absolute atomic E-state index is 12.2. The number of amides is 1. The van der Waals surface area contributed by atoms with Crippen LogP contribution in [0.4, 0.5) is 0 Å². The van der Waals surface area contributed by atoms with E-state index in [1.54, 1.807) is 6.92 Å². The van der Waals surface area contributed by atoms with Gasteiger partial charge < -0.3 is 10.0 Å². The normalized spacial score (nSPS) is 25.1. The van der Waals surface area contributed by atoms with Crippen molar-refractivity contribution in [2.45, 2.75) is 52.5 Å². The predicted octanol–water partition coefficient (Wildman–Crippen LogP) is 2.44. The third-order valence-corrected chi connectivity index (χ3v) is 3.68. The molecule has 0 aromatic carbocycles. The molecule has 0 aromatic rings. The number of carboxylic acid groups (broad SMARTS) is 1. The molecule has 2 unspecified atom stereocenters. The molecule has 18 heavy (non-hydrogen) atoms. The largest absolute Gasteiger partial charge is 0.480 e. The van der Waals surface area contributed by atoms with Gasteiger partial charge in [-0.2, -0.15) is 0 Å². The number of likely N-dealkylation sites (tertiary alicyclic amines) is 1. The van der Waals surface area contributed by atoms with E-state index in [9.17, 15) is 14.7 Å². The number of rotatable bonds is 4. The second kappa shape index (κ2) is 6.57. The molecule has 2 atom stereocenters. The first-order valence-corrected chi connectivity index (χ1v) is 6.71. The molecule has 4 nitrogen and oxygen atoms in total. The van der Waals surface area contributed by atoms with Crippen LogP contribution in [0, 0.1) is 5.92 Å². The second-order valence-electron chi connectivity index (χ2n) is 4.95. The van der Waals surface area contributed by atoms with Crippen LogP contribution in [0.2, 0.25) is 0 Å². The fraction of sp³-hybridized carbons (Fsp3) is 0.714. The highest BCUT2D eigenvalue weighted by molar-refractivity contribution is 5.95. The Morgan fingerprint density at radius 2 is 2.06 bits per heavy atom. The van der Waals surface area contributed by atoms with Crippen molar-refractivity contribution in [3.63, 3.8) is 0 Å². The SMILES string of the molecule is CC/C=C(/C)C(=O)N1CCC(CC)CC1C(=O)O. The molecule has 0 bridgehead atoms. The van der Waals surface area contributed by atoms with Crippen LogP contribution in [-0.4, -0.2) is 34.5 Å². The summed E-state index contributed by atoms with van der Waals surface area (Å²) in [6, 6.07) is -0.656. The minimum absolute atomic E-state index is 0.126. The molecule has 0 radical (unpaired) electrons. The fourth-order valence-electron chi connectivity index (χ4n) is 2.51. The Labute approximate surface area is 109 Å². The Hall–Kier alpha value is -1.32. The zero-order valence-electron chi connectivity index (χ0n) is 11.5. The average molecular weight is 253 g/mol. The van der Waals surface area contributed by atoms with Crippen molar-refractivity contribution in [3.05, 3.63) is 11.6 Å². The Bertz CT molecular complexity index is 349. The molecule has 0 aromatic heterocycles.